The van der Waals surface area contributed by atoms with Crippen molar-refractivity contribution in [2.24, 2.45) is 0 Å². The Labute approximate surface area is 210 Å². The predicted molar refractivity (Wildman–Crippen MR) is 140 cm³/mol. The molecule has 2 heterocycles. The van der Waals surface area contributed by atoms with Crippen molar-refractivity contribution < 1.29 is 14.3 Å². The molecule has 1 atom stereocenters. The molecule has 36 heavy (non-hydrogen) atoms. The lowest BCUT2D eigenvalue weighted by molar-refractivity contribution is -0.111. The Hall–Kier alpha value is -4.37. The van der Waals surface area contributed by atoms with Crippen molar-refractivity contribution in [2.45, 2.75) is 12.5 Å². The largest absolute Gasteiger partial charge is 0.486 e. The molecule has 1 aliphatic rings. The molecule has 0 radical (unpaired) electrons. The summed E-state index contributed by atoms with van der Waals surface area (Å²) in [6.45, 7) is 1.74. The van der Waals surface area contributed by atoms with Crippen molar-refractivity contribution in [1.82, 2.24) is 9.88 Å². The number of amides is 1. The van der Waals surface area contributed by atoms with Gasteiger partial charge in [0.2, 0.25) is 5.91 Å². The zero-order valence-electron chi connectivity index (χ0n) is 20.2. The third kappa shape index (κ3) is 6.00. The number of ether oxygens (including phenoxy) is 2. The van der Waals surface area contributed by atoms with Crippen LogP contribution in [0.2, 0.25) is 0 Å². The smallest absolute Gasteiger partial charge is 0.248 e. The normalized spacial score (nSPS) is 15.1. The third-order valence-corrected chi connectivity index (χ3v) is 5.57. The maximum absolute atomic E-state index is 12.7. The molecule has 2 N–H and O–H groups in total. The van der Waals surface area contributed by atoms with Crippen LogP contribution >= 0.6 is 0 Å². The number of anilines is 3. The fourth-order valence-corrected chi connectivity index (χ4v) is 3.80. The Morgan fingerprint density at radius 2 is 2.22 bits per heavy atom. The first-order valence-electron chi connectivity index (χ1n) is 11.5. The molecule has 0 unspecified atom stereocenters. The Morgan fingerprint density at radius 1 is 1.36 bits per heavy atom. The van der Waals surface area contributed by atoms with Gasteiger partial charge in [-0.15, -0.1) is 6.42 Å². The van der Waals surface area contributed by atoms with Crippen molar-refractivity contribution in [3.05, 3.63) is 65.9 Å². The molecule has 1 aliphatic heterocycles. The molecular weight excluding hydrogens is 454 g/mol. The van der Waals surface area contributed by atoms with E-state index in [1.807, 2.05) is 43.3 Å². The highest BCUT2D eigenvalue weighted by molar-refractivity contribution is 6.04. The van der Waals surface area contributed by atoms with Crippen LogP contribution in [0.5, 0.6) is 5.75 Å². The fourth-order valence-electron chi connectivity index (χ4n) is 3.80. The molecule has 0 saturated carbocycles. The molecule has 1 amide bonds. The van der Waals surface area contributed by atoms with Crippen LogP contribution < -0.4 is 15.4 Å². The van der Waals surface area contributed by atoms with Gasteiger partial charge in [-0.3, -0.25) is 9.78 Å². The van der Waals surface area contributed by atoms with Crippen molar-refractivity contribution in [3.8, 4) is 24.2 Å². The predicted octanol–water partition coefficient (Wildman–Crippen LogP) is 4.06. The van der Waals surface area contributed by atoms with Gasteiger partial charge >= 0.3 is 0 Å². The molecule has 4 rings (SSSR count). The van der Waals surface area contributed by atoms with Gasteiger partial charge in [0, 0.05) is 47.9 Å². The summed E-state index contributed by atoms with van der Waals surface area (Å²) >= 11 is 0. The minimum atomic E-state index is -0.288. The number of terminal acetylenes is 1. The second-order valence-electron chi connectivity index (χ2n) is 8.63. The molecule has 0 spiro atoms. The number of benzene rings is 2. The molecule has 0 bridgehead atoms. The molecule has 8 nitrogen and oxygen atoms in total. The van der Waals surface area contributed by atoms with E-state index in [4.69, 9.17) is 15.9 Å². The van der Waals surface area contributed by atoms with Crippen molar-refractivity contribution in [3.63, 3.8) is 0 Å². The van der Waals surface area contributed by atoms with Gasteiger partial charge in [-0.1, -0.05) is 18.1 Å². The summed E-state index contributed by atoms with van der Waals surface area (Å²) < 4.78 is 11.6. The van der Waals surface area contributed by atoms with Gasteiger partial charge in [-0.05, 0) is 38.4 Å². The van der Waals surface area contributed by atoms with Crippen LogP contribution in [0, 0.1) is 23.7 Å². The number of hydrogen-bond donors (Lipinski definition) is 2. The summed E-state index contributed by atoms with van der Waals surface area (Å²) in [5.74, 6) is 2.82. The van der Waals surface area contributed by atoms with Crippen LogP contribution in [-0.4, -0.2) is 55.7 Å². The molecule has 2 aromatic carbocycles. The SMILES string of the molecule is C#Cc1cccc(Nc2c(C#N)cnc3cc(O[C@@H]4CCOC4)c(NC(=O)C=CCN(C)C)cc23)c1. The Kier molecular flexibility index (Phi) is 7.82. The quantitative estimate of drug-likeness (QED) is 0.370. The molecule has 1 saturated heterocycles. The van der Waals surface area contributed by atoms with Crippen LogP contribution in [0.25, 0.3) is 10.9 Å². The van der Waals surface area contributed by atoms with Gasteiger partial charge in [0.25, 0.3) is 0 Å². The average molecular weight is 482 g/mol. The second-order valence-corrected chi connectivity index (χ2v) is 8.63. The minimum Gasteiger partial charge on any atom is -0.486 e. The summed E-state index contributed by atoms with van der Waals surface area (Å²) in [5.41, 5.74) is 3.45. The van der Waals surface area contributed by atoms with E-state index in [9.17, 15) is 10.1 Å². The molecule has 1 aromatic heterocycles. The van der Waals surface area contributed by atoms with Gasteiger partial charge in [-0.25, -0.2) is 0 Å². The van der Waals surface area contributed by atoms with Crippen LogP contribution in [-0.2, 0) is 9.53 Å². The zero-order chi connectivity index (χ0) is 25.5. The highest BCUT2D eigenvalue weighted by atomic mass is 16.5. The van der Waals surface area contributed by atoms with Crippen LogP contribution in [0.3, 0.4) is 0 Å². The number of nitrogens with one attached hydrogen (secondary N) is 2. The van der Waals surface area contributed by atoms with E-state index in [1.54, 1.807) is 18.2 Å². The number of nitrogens with zero attached hydrogens (tertiary/aromatic N) is 3. The lowest BCUT2D eigenvalue weighted by Crippen LogP contribution is -2.18. The summed E-state index contributed by atoms with van der Waals surface area (Å²) in [5, 5.41) is 16.7. The highest BCUT2D eigenvalue weighted by Gasteiger charge is 2.21. The standard InChI is InChI=1S/C28H27N5O3/c1-4-19-7-5-8-21(13-19)31-28-20(16-29)17-30-24-15-26(36-22-10-12-35-18-22)25(14-23(24)28)32-27(34)9-6-11-33(2)3/h1,5-9,13-15,17,22H,10-12,18H2,2-3H3,(H,30,31)(H,32,34)/t22-/m1/s1. The van der Waals surface area contributed by atoms with Gasteiger partial charge in [-0.2, -0.15) is 5.26 Å². The topological polar surface area (TPSA) is 99.5 Å². The van der Waals surface area contributed by atoms with E-state index in [0.717, 1.165) is 12.1 Å². The molecule has 182 valence electrons. The van der Waals surface area contributed by atoms with Crippen LogP contribution in [0.15, 0.2) is 54.7 Å². The lowest BCUT2D eigenvalue weighted by atomic mass is 10.1. The summed E-state index contributed by atoms with van der Waals surface area (Å²) in [4.78, 5) is 19.1. The Morgan fingerprint density at radius 3 is 2.94 bits per heavy atom. The van der Waals surface area contributed by atoms with Crippen molar-refractivity contribution in [1.29, 1.82) is 5.26 Å². The van der Waals surface area contributed by atoms with Gasteiger partial charge in [0.05, 0.1) is 35.7 Å². The number of fused-ring (bicyclic) bond motifs is 1. The van der Waals surface area contributed by atoms with E-state index >= 15 is 0 Å². The summed E-state index contributed by atoms with van der Waals surface area (Å²) in [6, 6.07) is 13.1. The molecule has 0 aliphatic carbocycles. The molecule has 3 aromatic rings. The third-order valence-electron chi connectivity index (χ3n) is 5.57. The van der Waals surface area contributed by atoms with Crippen molar-refractivity contribution in [2.75, 3.05) is 44.5 Å². The number of carbonyl (C=O) groups is 1. The maximum Gasteiger partial charge on any atom is 0.248 e. The minimum absolute atomic E-state index is 0.120. The van der Waals surface area contributed by atoms with Gasteiger partial charge in [0.15, 0.2) is 0 Å². The first-order chi connectivity index (χ1) is 17.5. The van der Waals surface area contributed by atoms with E-state index in [0.29, 0.717) is 58.9 Å². The first kappa shape index (κ1) is 24.7. The molecule has 1 fully saturated rings. The number of rotatable bonds is 8. The second kappa shape index (κ2) is 11.4. The van der Waals surface area contributed by atoms with Crippen LogP contribution in [0.1, 0.15) is 17.5 Å². The molecule has 8 heteroatoms. The van der Waals surface area contributed by atoms with E-state index < -0.39 is 0 Å². The highest BCUT2D eigenvalue weighted by Crippen LogP contribution is 2.37. The van der Waals surface area contributed by atoms with Gasteiger partial charge in [0.1, 0.15) is 17.9 Å². The monoisotopic (exact) mass is 481 g/mol. The Balaban J connectivity index is 1.77. The van der Waals surface area contributed by atoms with Crippen molar-refractivity contribution >= 4 is 33.9 Å². The van der Waals surface area contributed by atoms with Gasteiger partial charge < -0.3 is 25.0 Å². The van der Waals surface area contributed by atoms with E-state index in [1.165, 1.54) is 12.3 Å². The molecular formula is C28H27N5O3. The average Bonchev–Trinajstić information content (AvgIpc) is 3.38. The Bertz CT molecular complexity index is 1380. The van der Waals surface area contributed by atoms with E-state index in [2.05, 4.69) is 27.6 Å². The van der Waals surface area contributed by atoms with E-state index in [-0.39, 0.29) is 12.0 Å². The number of hydrogen-bond acceptors (Lipinski definition) is 7. The number of pyridine rings is 1. The fraction of sp³-hybridized carbons (Fsp3) is 0.250. The van der Waals surface area contributed by atoms with Crippen LogP contribution in [0.4, 0.5) is 17.1 Å². The maximum atomic E-state index is 12.7. The lowest BCUT2D eigenvalue weighted by Gasteiger charge is -2.18. The number of likely N-dealkylation sites (N-methyl/N-ethyl adjacent to an activating group) is 1. The summed E-state index contributed by atoms with van der Waals surface area (Å²) in [7, 11) is 3.85. The summed E-state index contributed by atoms with van der Waals surface area (Å²) in [6.07, 6.45) is 11.0. The number of nitriles is 1. The number of aromatic nitrogens is 1. The zero-order valence-corrected chi connectivity index (χ0v) is 20.2. The number of carbonyl (C=O) groups excluding carboxylic acids is 1. The first-order valence-corrected chi connectivity index (χ1v) is 11.5.